The SMILES string of the molecule is O=C(Cc1cccc2cccnc12)C1CC2CCC(C1)N2. The predicted octanol–water partition coefficient (Wildman–Crippen LogP) is 2.88. The molecular weight excluding hydrogens is 260 g/mol. The predicted molar refractivity (Wildman–Crippen MR) is 83.1 cm³/mol. The molecule has 108 valence electrons. The first-order chi connectivity index (χ1) is 10.3. The van der Waals surface area contributed by atoms with Crippen molar-refractivity contribution < 1.29 is 4.79 Å². The highest BCUT2D eigenvalue weighted by Crippen LogP contribution is 2.32. The lowest BCUT2D eigenvalue weighted by Crippen LogP contribution is -2.40. The Balaban J connectivity index is 1.56. The van der Waals surface area contributed by atoms with Crippen LogP contribution in [0.5, 0.6) is 0 Å². The van der Waals surface area contributed by atoms with Crippen LogP contribution in [-0.4, -0.2) is 22.9 Å². The number of rotatable bonds is 3. The molecule has 0 amide bonds. The molecule has 1 aromatic carbocycles. The highest BCUT2D eigenvalue weighted by molar-refractivity contribution is 5.89. The Labute approximate surface area is 124 Å². The van der Waals surface area contributed by atoms with E-state index in [1.165, 1.54) is 12.8 Å². The second-order valence-corrected chi connectivity index (χ2v) is 6.44. The molecule has 1 N–H and O–H groups in total. The van der Waals surface area contributed by atoms with Gasteiger partial charge in [-0.1, -0.05) is 24.3 Å². The van der Waals surface area contributed by atoms with Gasteiger partial charge in [-0.25, -0.2) is 0 Å². The van der Waals surface area contributed by atoms with Gasteiger partial charge in [0, 0.05) is 36.0 Å². The molecule has 0 radical (unpaired) electrons. The van der Waals surface area contributed by atoms with Gasteiger partial charge in [-0.2, -0.15) is 0 Å². The van der Waals surface area contributed by atoms with E-state index in [0.717, 1.165) is 29.3 Å². The van der Waals surface area contributed by atoms with Crippen molar-refractivity contribution in [3.05, 3.63) is 42.1 Å². The van der Waals surface area contributed by atoms with Crippen molar-refractivity contribution in [3.63, 3.8) is 0 Å². The third kappa shape index (κ3) is 2.46. The van der Waals surface area contributed by atoms with Gasteiger partial charge >= 0.3 is 0 Å². The first-order valence-corrected chi connectivity index (χ1v) is 7.91. The Morgan fingerprint density at radius 1 is 1.14 bits per heavy atom. The van der Waals surface area contributed by atoms with Crippen LogP contribution in [-0.2, 0) is 11.2 Å². The fraction of sp³-hybridized carbons (Fsp3) is 0.444. The van der Waals surface area contributed by atoms with Gasteiger partial charge in [-0.3, -0.25) is 9.78 Å². The van der Waals surface area contributed by atoms with Crippen LogP contribution in [0.1, 0.15) is 31.2 Å². The van der Waals surface area contributed by atoms with Gasteiger partial charge < -0.3 is 5.32 Å². The molecule has 0 saturated carbocycles. The molecule has 2 fully saturated rings. The lowest BCUT2D eigenvalue weighted by atomic mass is 9.86. The van der Waals surface area contributed by atoms with Gasteiger partial charge in [0.15, 0.2) is 0 Å². The molecule has 2 bridgehead atoms. The molecule has 2 aliphatic rings. The molecule has 0 spiro atoms. The maximum Gasteiger partial charge on any atom is 0.140 e. The highest BCUT2D eigenvalue weighted by atomic mass is 16.1. The minimum atomic E-state index is 0.239. The van der Waals surface area contributed by atoms with Crippen LogP contribution in [0, 0.1) is 5.92 Å². The highest BCUT2D eigenvalue weighted by Gasteiger charge is 2.36. The number of nitrogens with one attached hydrogen (secondary N) is 1. The van der Waals surface area contributed by atoms with E-state index in [9.17, 15) is 4.79 Å². The zero-order valence-corrected chi connectivity index (χ0v) is 12.1. The topological polar surface area (TPSA) is 42.0 Å². The van der Waals surface area contributed by atoms with Crippen LogP contribution in [0.3, 0.4) is 0 Å². The molecular formula is C18H20N2O. The van der Waals surface area contributed by atoms with Crippen molar-refractivity contribution in [3.8, 4) is 0 Å². The third-order valence-electron chi connectivity index (χ3n) is 5.01. The standard InChI is InChI=1S/C18H20N2O/c21-17(14-9-15-6-7-16(10-14)20-15)11-13-4-1-3-12-5-2-8-19-18(12)13/h1-5,8,14-16,20H,6-7,9-11H2. The third-order valence-corrected chi connectivity index (χ3v) is 5.01. The molecule has 2 aliphatic heterocycles. The maximum atomic E-state index is 12.7. The fourth-order valence-electron chi connectivity index (χ4n) is 3.96. The Hall–Kier alpha value is -1.74. The Morgan fingerprint density at radius 3 is 2.71 bits per heavy atom. The number of hydrogen-bond acceptors (Lipinski definition) is 3. The van der Waals surface area contributed by atoms with Gasteiger partial charge in [0.2, 0.25) is 0 Å². The molecule has 4 rings (SSSR count). The number of aromatic nitrogens is 1. The number of hydrogen-bond donors (Lipinski definition) is 1. The van der Waals surface area contributed by atoms with E-state index in [2.05, 4.69) is 22.4 Å². The Morgan fingerprint density at radius 2 is 1.90 bits per heavy atom. The summed E-state index contributed by atoms with van der Waals surface area (Å²) in [7, 11) is 0. The first-order valence-electron chi connectivity index (χ1n) is 7.91. The van der Waals surface area contributed by atoms with Crippen molar-refractivity contribution >= 4 is 16.7 Å². The van der Waals surface area contributed by atoms with E-state index >= 15 is 0 Å². The number of nitrogens with zero attached hydrogens (tertiary/aromatic N) is 1. The lowest BCUT2D eigenvalue weighted by Gasteiger charge is -2.28. The van der Waals surface area contributed by atoms with Crippen LogP contribution in [0.2, 0.25) is 0 Å². The molecule has 21 heavy (non-hydrogen) atoms. The first kappa shape index (κ1) is 13.0. The number of para-hydroxylation sites is 1. The minimum absolute atomic E-state index is 0.239. The van der Waals surface area contributed by atoms with Crippen molar-refractivity contribution in [2.24, 2.45) is 5.92 Å². The Bertz CT molecular complexity index is 664. The van der Waals surface area contributed by atoms with Gasteiger partial charge in [0.1, 0.15) is 5.78 Å². The largest absolute Gasteiger partial charge is 0.311 e. The summed E-state index contributed by atoms with van der Waals surface area (Å²) in [5, 5.41) is 4.72. The maximum absolute atomic E-state index is 12.7. The van der Waals surface area contributed by atoms with E-state index in [-0.39, 0.29) is 5.92 Å². The zero-order valence-electron chi connectivity index (χ0n) is 12.1. The molecule has 3 nitrogen and oxygen atoms in total. The quantitative estimate of drug-likeness (QED) is 0.940. The van der Waals surface area contributed by atoms with Crippen molar-refractivity contribution in [1.82, 2.24) is 10.3 Å². The van der Waals surface area contributed by atoms with Gasteiger partial charge in [-0.15, -0.1) is 0 Å². The summed E-state index contributed by atoms with van der Waals surface area (Å²) in [4.78, 5) is 17.1. The van der Waals surface area contributed by atoms with E-state index < -0.39 is 0 Å². The van der Waals surface area contributed by atoms with E-state index in [0.29, 0.717) is 24.3 Å². The number of pyridine rings is 1. The van der Waals surface area contributed by atoms with Crippen molar-refractivity contribution in [1.29, 1.82) is 0 Å². The average molecular weight is 280 g/mol. The molecule has 3 heteroatoms. The summed E-state index contributed by atoms with van der Waals surface area (Å²) in [6.07, 6.45) is 6.86. The van der Waals surface area contributed by atoms with Crippen LogP contribution >= 0.6 is 0 Å². The van der Waals surface area contributed by atoms with Crippen LogP contribution in [0.4, 0.5) is 0 Å². The fourth-order valence-corrected chi connectivity index (χ4v) is 3.96. The number of carbonyl (C=O) groups is 1. The number of fused-ring (bicyclic) bond motifs is 3. The molecule has 3 heterocycles. The van der Waals surface area contributed by atoms with Crippen molar-refractivity contribution in [2.45, 2.75) is 44.2 Å². The summed E-state index contributed by atoms with van der Waals surface area (Å²) in [5.41, 5.74) is 2.05. The van der Waals surface area contributed by atoms with Crippen LogP contribution in [0.25, 0.3) is 10.9 Å². The van der Waals surface area contributed by atoms with Crippen molar-refractivity contribution in [2.75, 3.05) is 0 Å². The minimum Gasteiger partial charge on any atom is -0.311 e. The summed E-state index contributed by atoms with van der Waals surface area (Å²) in [6, 6.07) is 11.3. The number of carbonyl (C=O) groups excluding carboxylic acids is 1. The number of ketones is 1. The molecule has 2 atom stereocenters. The molecule has 2 aromatic rings. The molecule has 0 aliphatic carbocycles. The smallest absolute Gasteiger partial charge is 0.140 e. The summed E-state index contributed by atoms with van der Waals surface area (Å²) >= 11 is 0. The van der Waals surface area contributed by atoms with E-state index in [4.69, 9.17) is 0 Å². The average Bonchev–Trinajstić information content (AvgIpc) is 2.86. The van der Waals surface area contributed by atoms with Gasteiger partial charge in [0.25, 0.3) is 0 Å². The molecule has 2 unspecified atom stereocenters. The second kappa shape index (κ2) is 5.23. The summed E-state index contributed by atoms with van der Waals surface area (Å²) in [5.74, 6) is 0.634. The normalized spacial score (nSPS) is 27.9. The summed E-state index contributed by atoms with van der Waals surface area (Å²) < 4.78 is 0. The number of piperidine rings is 1. The Kier molecular flexibility index (Phi) is 3.23. The van der Waals surface area contributed by atoms with Crippen LogP contribution < -0.4 is 5.32 Å². The second-order valence-electron chi connectivity index (χ2n) is 6.44. The number of Topliss-reactive ketones (excluding diaryl/α,β-unsaturated/α-hetero) is 1. The lowest BCUT2D eigenvalue weighted by molar-refractivity contribution is -0.123. The monoisotopic (exact) mass is 280 g/mol. The molecule has 2 saturated heterocycles. The van der Waals surface area contributed by atoms with Gasteiger partial charge in [-0.05, 0) is 37.3 Å². The summed E-state index contributed by atoms with van der Waals surface area (Å²) in [6.45, 7) is 0. The van der Waals surface area contributed by atoms with Crippen LogP contribution in [0.15, 0.2) is 36.5 Å². The molecule has 1 aromatic heterocycles. The van der Waals surface area contributed by atoms with E-state index in [1.54, 1.807) is 6.20 Å². The van der Waals surface area contributed by atoms with E-state index in [1.807, 2.05) is 18.2 Å². The zero-order chi connectivity index (χ0) is 14.2. The number of benzene rings is 1. The van der Waals surface area contributed by atoms with Gasteiger partial charge in [0.05, 0.1) is 5.52 Å².